The Bertz CT molecular complexity index is 717. The molecular formula is C14H9F4N3. The van der Waals surface area contributed by atoms with Gasteiger partial charge >= 0.3 is 6.18 Å². The van der Waals surface area contributed by atoms with Crippen LogP contribution in [0.25, 0.3) is 0 Å². The number of nitriles is 1. The number of alkyl halides is 3. The summed E-state index contributed by atoms with van der Waals surface area (Å²) in [6, 6.07) is 8.42. The van der Waals surface area contributed by atoms with Crippen LogP contribution in [0, 0.1) is 17.1 Å². The first kappa shape index (κ1) is 14.7. The highest BCUT2D eigenvalue weighted by molar-refractivity contribution is 5.69. The van der Waals surface area contributed by atoms with Crippen molar-refractivity contribution in [3.8, 4) is 6.07 Å². The molecule has 0 aliphatic heterocycles. The molecule has 0 aromatic heterocycles. The van der Waals surface area contributed by atoms with Gasteiger partial charge in [0.1, 0.15) is 11.9 Å². The monoisotopic (exact) mass is 295 g/mol. The zero-order chi connectivity index (χ0) is 15.6. The summed E-state index contributed by atoms with van der Waals surface area (Å²) in [5.41, 5.74) is 4.21. The number of nitrogen functional groups attached to an aromatic ring is 1. The van der Waals surface area contributed by atoms with E-state index in [2.05, 4.69) is 5.32 Å². The third-order valence-corrected chi connectivity index (χ3v) is 2.74. The maximum atomic E-state index is 13.0. The molecule has 0 aliphatic rings. The van der Waals surface area contributed by atoms with Crippen LogP contribution >= 0.6 is 0 Å². The Morgan fingerprint density at radius 2 is 1.81 bits per heavy atom. The molecule has 0 amide bonds. The number of rotatable bonds is 2. The number of nitrogens with two attached hydrogens (primary N) is 1. The maximum Gasteiger partial charge on any atom is 0.418 e. The zero-order valence-electron chi connectivity index (χ0n) is 10.5. The minimum Gasteiger partial charge on any atom is -0.398 e. The Hall–Kier alpha value is -2.75. The third-order valence-electron chi connectivity index (χ3n) is 2.74. The highest BCUT2D eigenvalue weighted by Crippen LogP contribution is 2.35. The fraction of sp³-hybridized carbons (Fsp3) is 0.0714. The van der Waals surface area contributed by atoms with Gasteiger partial charge in [-0.15, -0.1) is 0 Å². The van der Waals surface area contributed by atoms with Crippen LogP contribution in [0.4, 0.5) is 34.6 Å². The summed E-state index contributed by atoms with van der Waals surface area (Å²) in [4.78, 5) is 0. The van der Waals surface area contributed by atoms with Gasteiger partial charge in [0.25, 0.3) is 0 Å². The summed E-state index contributed by atoms with van der Waals surface area (Å²) in [5, 5.41) is 11.5. The molecule has 108 valence electrons. The van der Waals surface area contributed by atoms with Crippen molar-refractivity contribution in [3.05, 3.63) is 53.3 Å². The lowest BCUT2D eigenvalue weighted by atomic mass is 10.1. The number of halogens is 4. The van der Waals surface area contributed by atoms with Crippen molar-refractivity contribution in [1.29, 1.82) is 5.26 Å². The maximum absolute atomic E-state index is 13.0. The van der Waals surface area contributed by atoms with E-state index in [1.165, 1.54) is 12.1 Å². The van der Waals surface area contributed by atoms with Crippen LogP contribution < -0.4 is 11.1 Å². The first-order chi connectivity index (χ1) is 9.81. The molecule has 0 atom stereocenters. The average Bonchev–Trinajstić information content (AvgIpc) is 2.41. The first-order valence-corrected chi connectivity index (χ1v) is 5.74. The van der Waals surface area contributed by atoms with Gasteiger partial charge in [0, 0.05) is 11.4 Å². The number of nitrogens with one attached hydrogen (secondary N) is 1. The molecule has 0 unspecified atom stereocenters. The number of hydrogen-bond donors (Lipinski definition) is 2. The van der Waals surface area contributed by atoms with Crippen LogP contribution in [0.1, 0.15) is 11.1 Å². The SMILES string of the molecule is N#Cc1cc(F)ccc1Nc1ccc(N)c(C(F)(F)F)c1. The van der Waals surface area contributed by atoms with E-state index in [1.807, 2.05) is 0 Å². The third kappa shape index (κ3) is 3.23. The van der Waals surface area contributed by atoms with Crippen molar-refractivity contribution >= 4 is 17.1 Å². The van der Waals surface area contributed by atoms with Crippen molar-refractivity contribution in [2.75, 3.05) is 11.1 Å². The van der Waals surface area contributed by atoms with Crippen LogP contribution in [0.2, 0.25) is 0 Å². The van der Waals surface area contributed by atoms with E-state index < -0.39 is 23.2 Å². The molecule has 21 heavy (non-hydrogen) atoms. The van der Waals surface area contributed by atoms with Gasteiger partial charge in [0.05, 0.1) is 16.8 Å². The summed E-state index contributed by atoms with van der Waals surface area (Å²) in [5.74, 6) is -0.606. The predicted molar refractivity (Wildman–Crippen MR) is 70.3 cm³/mol. The normalized spacial score (nSPS) is 11.0. The second-order valence-electron chi connectivity index (χ2n) is 4.23. The molecule has 0 spiro atoms. The Morgan fingerprint density at radius 3 is 2.43 bits per heavy atom. The quantitative estimate of drug-likeness (QED) is 0.649. The summed E-state index contributed by atoms with van der Waals surface area (Å²) in [7, 11) is 0. The molecular weight excluding hydrogens is 286 g/mol. The lowest BCUT2D eigenvalue weighted by Crippen LogP contribution is -2.09. The lowest BCUT2D eigenvalue weighted by molar-refractivity contribution is -0.136. The molecule has 2 aromatic carbocycles. The van der Waals surface area contributed by atoms with Gasteiger partial charge in [-0.05, 0) is 36.4 Å². The summed E-state index contributed by atoms with van der Waals surface area (Å²) in [6.45, 7) is 0. The molecule has 0 aliphatic carbocycles. The number of nitrogens with zero attached hydrogens (tertiary/aromatic N) is 1. The molecule has 3 N–H and O–H groups in total. The van der Waals surface area contributed by atoms with E-state index in [0.717, 1.165) is 24.3 Å². The molecule has 0 bridgehead atoms. The highest BCUT2D eigenvalue weighted by atomic mass is 19.4. The van der Waals surface area contributed by atoms with E-state index in [4.69, 9.17) is 11.0 Å². The number of hydrogen-bond acceptors (Lipinski definition) is 3. The van der Waals surface area contributed by atoms with Gasteiger partial charge in [0.15, 0.2) is 0 Å². The van der Waals surface area contributed by atoms with E-state index in [0.29, 0.717) is 0 Å². The second kappa shape index (κ2) is 5.32. The molecule has 0 saturated heterocycles. The topological polar surface area (TPSA) is 61.8 Å². The standard InChI is InChI=1S/C14H9F4N3/c15-9-1-4-13(8(5-9)7-19)21-10-2-3-12(20)11(6-10)14(16,17)18/h1-6,21H,20H2. The minimum absolute atomic E-state index is 0.0135. The molecule has 7 heteroatoms. The van der Waals surface area contributed by atoms with E-state index >= 15 is 0 Å². The average molecular weight is 295 g/mol. The van der Waals surface area contributed by atoms with Crippen LogP contribution in [0.5, 0.6) is 0 Å². The van der Waals surface area contributed by atoms with Gasteiger partial charge in [0.2, 0.25) is 0 Å². The van der Waals surface area contributed by atoms with Crippen LogP contribution in [-0.4, -0.2) is 0 Å². The van der Waals surface area contributed by atoms with Crippen molar-refractivity contribution in [2.24, 2.45) is 0 Å². The van der Waals surface area contributed by atoms with Gasteiger partial charge in [-0.1, -0.05) is 0 Å². The smallest absolute Gasteiger partial charge is 0.398 e. The fourth-order valence-corrected chi connectivity index (χ4v) is 1.75. The molecule has 2 aromatic rings. The van der Waals surface area contributed by atoms with E-state index in [-0.39, 0.29) is 16.9 Å². The Balaban J connectivity index is 2.40. The number of benzene rings is 2. The predicted octanol–water partition coefficient (Wildman–Crippen LogP) is 4.04. The van der Waals surface area contributed by atoms with E-state index in [1.54, 1.807) is 6.07 Å². The van der Waals surface area contributed by atoms with Gasteiger partial charge in [-0.25, -0.2) is 4.39 Å². The van der Waals surface area contributed by atoms with E-state index in [9.17, 15) is 17.6 Å². The van der Waals surface area contributed by atoms with Crippen molar-refractivity contribution in [3.63, 3.8) is 0 Å². The first-order valence-electron chi connectivity index (χ1n) is 5.74. The van der Waals surface area contributed by atoms with Gasteiger partial charge in [-0.3, -0.25) is 0 Å². The fourth-order valence-electron chi connectivity index (χ4n) is 1.75. The molecule has 3 nitrogen and oxygen atoms in total. The van der Waals surface area contributed by atoms with Crippen LogP contribution in [0.3, 0.4) is 0 Å². The molecule has 0 radical (unpaired) electrons. The lowest BCUT2D eigenvalue weighted by Gasteiger charge is -2.13. The van der Waals surface area contributed by atoms with Gasteiger partial charge in [-0.2, -0.15) is 18.4 Å². The van der Waals surface area contributed by atoms with Gasteiger partial charge < -0.3 is 11.1 Å². The van der Waals surface area contributed by atoms with Crippen molar-refractivity contribution < 1.29 is 17.6 Å². The molecule has 0 heterocycles. The van der Waals surface area contributed by atoms with Crippen molar-refractivity contribution in [1.82, 2.24) is 0 Å². The Morgan fingerprint density at radius 1 is 1.10 bits per heavy atom. The Labute approximate surface area is 117 Å². The van der Waals surface area contributed by atoms with Crippen LogP contribution in [-0.2, 0) is 6.18 Å². The second-order valence-corrected chi connectivity index (χ2v) is 4.23. The highest BCUT2D eigenvalue weighted by Gasteiger charge is 2.33. The largest absolute Gasteiger partial charge is 0.418 e. The van der Waals surface area contributed by atoms with Crippen molar-refractivity contribution in [2.45, 2.75) is 6.18 Å². The molecule has 2 rings (SSSR count). The summed E-state index contributed by atoms with van der Waals surface area (Å²) in [6.07, 6.45) is -4.58. The Kier molecular flexibility index (Phi) is 3.72. The molecule has 0 saturated carbocycles. The van der Waals surface area contributed by atoms with Crippen LogP contribution in [0.15, 0.2) is 36.4 Å². The minimum atomic E-state index is -4.58. The molecule has 0 fully saturated rings. The summed E-state index contributed by atoms with van der Waals surface area (Å²) < 4.78 is 51.3. The summed E-state index contributed by atoms with van der Waals surface area (Å²) >= 11 is 0. The number of anilines is 3. The zero-order valence-corrected chi connectivity index (χ0v) is 10.5.